The second-order valence-corrected chi connectivity index (χ2v) is 8.13. The van der Waals surface area contributed by atoms with Crippen molar-refractivity contribution < 1.29 is 32.7 Å². The number of ether oxygens (including phenoxy) is 2. The molecule has 3 heterocycles. The van der Waals surface area contributed by atoms with Gasteiger partial charge in [-0.3, -0.25) is 4.79 Å². The zero-order valence-electron chi connectivity index (χ0n) is 19.1. The summed E-state index contributed by atoms with van der Waals surface area (Å²) in [6, 6.07) is 17.1. The van der Waals surface area contributed by atoms with Gasteiger partial charge in [0.25, 0.3) is 5.91 Å². The van der Waals surface area contributed by atoms with E-state index in [9.17, 15) is 14.4 Å². The highest BCUT2D eigenvalue weighted by Crippen LogP contribution is 2.29. The maximum atomic E-state index is 13.3. The molecule has 0 bridgehead atoms. The number of rotatable bonds is 6. The highest BCUT2D eigenvalue weighted by molar-refractivity contribution is 5.97. The largest absolute Gasteiger partial charge is 0.460 e. The van der Waals surface area contributed by atoms with Crippen molar-refractivity contribution in [2.45, 2.75) is 32.5 Å². The molecule has 0 N–H and O–H groups in total. The summed E-state index contributed by atoms with van der Waals surface area (Å²) in [6.07, 6.45) is 1.72. The maximum absolute atomic E-state index is 13.3. The number of carbonyl (C=O) groups excluding carboxylic acids is 3. The molecule has 0 saturated carbocycles. The van der Waals surface area contributed by atoms with E-state index in [2.05, 4.69) is 0 Å². The van der Waals surface area contributed by atoms with Crippen molar-refractivity contribution in [1.82, 2.24) is 4.90 Å². The summed E-state index contributed by atoms with van der Waals surface area (Å²) in [5, 5.41) is 0.654. The van der Waals surface area contributed by atoms with Crippen LogP contribution in [0.25, 0.3) is 11.0 Å². The normalized spacial score (nSPS) is 15.0. The average molecular weight is 473 g/mol. The second kappa shape index (κ2) is 9.50. The lowest BCUT2D eigenvalue weighted by Gasteiger charge is -2.34. The summed E-state index contributed by atoms with van der Waals surface area (Å²) in [5.74, 6) is -1.46. The third-order valence-corrected chi connectivity index (χ3v) is 6.03. The number of para-hydroxylation sites is 1. The minimum atomic E-state index is -0.855. The Morgan fingerprint density at radius 1 is 0.971 bits per heavy atom. The van der Waals surface area contributed by atoms with Gasteiger partial charge in [-0.15, -0.1) is 0 Å². The molecule has 1 aliphatic rings. The van der Waals surface area contributed by atoms with Gasteiger partial charge in [-0.1, -0.05) is 42.5 Å². The van der Waals surface area contributed by atoms with Crippen LogP contribution in [0.2, 0.25) is 0 Å². The fourth-order valence-electron chi connectivity index (χ4n) is 4.33. The first-order valence-electron chi connectivity index (χ1n) is 11.3. The predicted octanol–water partition coefficient (Wildman–Crippen LogP) is 4.51. The summed E-state index contributed by atoms with van der Waals surface area (Å²) in [5.41, 5.74) is 2.84. The van der Waals surface area contributed by atoms with Crippen molar-refractivity contribution in [3.05, 3.63) is 95.1 Å². The van der Waals surface area contributed by atoms with Gasteiger partial charge in [-0.05, 0) is 36.2 Å². The van der Waals surface area contributed by atoms with Crippen LogP contribution in [0.3, 0.4) is 0 Å². The molecule has 8 heteroatoms. The third-order valence-electron chi connectivity index (χ3n) is 6.03. The van der Waals surface area contributed by atoms with Crippen LogP contribution in [0, 0.1) is 0 Å². The molecule has 5 rings (SSSR count). The molecular formula is C27H23NO7. The van der Waals surface area contributed by atoms with Gasteiger partial charge in [0.1, 0.15) is 18.2 Å². The van der Waals surface area contributed by atoms with Crippen LogP contribution in [0.4, 0.5) is 0 Å². The number of nitrogens with zero attached hydrogens (tertiary/aromatic N) is 1. The summed E-state index contributed by atoms with van der Waals surface area (Å²) in [4.78, 5) is 40.4. The van der Waals surface area contributed by atoms with E-state index in [-0.39, 0.29) is 31.3 Å². The van der Waals surface area contributed by atoms with Gasteiger partial charge >= 0.3 is 11.9 Å². The highest BCUT2D eigenvalue weighted by Gasteiger charge is 2.37. The zero-order chi connectivity index (χ0) is 24.4. The summed E-state index contributed by atoms with van der Waals surface area (Å²) in [6.45, 7) is 1.93. The van der Waals surface area contributed by atoms with Crippen molar-refractivity contribution in [3.63, 3.8) is 0 Å². The molecule has 4 aromatic rings. The molecular weight excluding hydrogens is 450 g/mol. The number of hydrogen-bond acceptors (Lipinski definition) is 7. The summed E-state index contributed by atoms with van der Waals surface area (Å²) < 4.78 is 21.8. The Balaban J connectivity index is 1.42. The fraction of sp³-hybridized carbons (Fsp3) is 0.222. The van der Waals surface area contributed by atoms with E-state index in [1.54, 1.807) is 43.3 Å². The number of amides is 1. The maximum Gasteiger partial charge on any atom is 0.374 e. The monoisotopic (exact) mass is 473 g/mol. The number of furan rings is 2. The minimum absolute atomic E-state index is 0.00152. The molecule has 8 nitrogen and oxygen atoms in total. The number of hydrogen-bond donors (Lipinski definition) is 0. The van der Waals surface area contributed by atoms with Crippen molar-refractivity contribution >= 4 is 28.8 Å². The van der Waals surface area contributed by atoms with E-state index in [0.29, 0.717) is 23.0 Å². The first-order chi connectivity index (χ1) is 17.1. The van der Waals surface area contributed by atoms with Gasteiger partial charge in [0, 0.05) is 18.4 Å². The number of esters is 2. The van der Waals surface area contributed by atoms with Crippen LogP contribution in [0.5, 0.6) is 0 Å². The van der Waals surface area contributed by atoms with E-state index in [1.165, 1.54) is 11.2 Å². The lowest BCUT2D eigenvalue weighted by Crippen LogP contribution is -2.49. The van der Waals surface area contributed by atoms with Crippen molar-refractivity contribution in [2.24, 2.45) is 0 Å². The van der Waals surface area contributed by atoms with E-state index in [0.717, 1.165) is 11.1 Å². The smallest absolute Gasteiger partial charge is 0.374 e. The van der Waals surface area contributed by atoms with Crippen LogP contribution in [0.15, 0.2) is 75.8 Å². The molecule has 178 valence electrons. The third kappa shape index (κ3) is 4.30. The first-order valence-corrected chi connectivity index (χ1v) is 11.3. The Kier molecular flexibility index (Phi) is 6.10. The van der Waals surface area contributed by atoms with Gasteiger partial charge in [0.05, 0.1) is 18.4 Å². The molecule has 2 aromatic heterocycles. The lowest BCUT2D eigenvalue weighted by atomic mass is 9.93. The van der Waals surface area contributed by atoms with Gasteiger partial charge < -0.3 is 23.2 Å². The van der Waals surface area contributed by atoms with Crippen molar-refractivity contribution in [2.75, 3.05) is 6.61 Å². The molecule has 35 heavy (non-hydrogen) atoms. The van der Waals surface area contributed by atoms with Crippen LogP contribution < -0.4 is 0 Å². The topological polar surface area (TPSA) is 99.2 Å². The predicted molar refractivity (Wildman–Crippen MR) is 124 cm³/mol. The molecule has 0 spiro atoms. The van der Waals surface area contributed by atoms with E-state index in [4.69, 9.17) is 18.3 Å². The number of benzene rings is 2. The Morgan fingerprint density at radius 2 is 1.74 bits per heavy atom. The zero-order valence-corrected chi connectivity index (χ0v) is 19.1. The van der Waals surface area contributed by atoms with Gasteiger partial charge in [0.2, 0.25) is 5.76 Å². The van der Waals surface area contributed by atoms with Crippen molar-refractivity contribution in [1.29, 1.82) is 0 Å². The molecule has 0 fully saturated rings. The Bertz CT molecular complexity index is 1390. The molecule has 2 aromatic carbocycles. The minimum Gasteiger partial charge on any atom is -0.460 e. The molecule has 0 unspecified atom stereocenters. The molecule has 1 amide bonds. The SMILES string of the molecule is CCOC(=O)c1oc2ccccc2c1COC(=O)[C@@H]1Cc2ccccc2CN1C(=O)c1ccco1. The standard InChI is InChI=1S/C27H23NO7/c1-2-32-27(31)24-20(19-10-5-6-11-22(19)35-24)16-34-26(30)21-14-17-8-3-4-9-18(17)15-28(21)25(29)23-12-7-13-33-23/h3-13,21H,2,14-16H2,1H3/t21-/m0/s1. The fourth-order valence-corrected chi connectivity index (χ4v) is 4.33. The van der Waals surface area contributed by atoms with E-state index >= 15 is 0 Å². The van der Waals surface area contributed by atoms with Gasteiger partial charge in [0.15, 0.2) is 5.76 Å². The van der Waals surface area contributed by atoms with Crippen LogP contribution in [-0.2, 0) is 33.8 Å². The quantitative estimate of drug-likeness (QED) is 0.380. The molecule has 0 aliphatic carbocycles. The van der Waals surface area contributed by atoms with Crippen LogP contribution in [0.1, 0.15) is 44.7 Å². The average Bonchev–Trinajstić information content (AvgIpc) is 3.55. The van der Waals surface area contributed by atoms with E-state index in [1.807, 2.05) is 24.3 Å². The molecule has 1 atom stereocenters. The second-order valence-electron chi connectivity index (χ2n) is 8.13. The van der Waals surface area contributed by atoms with Gasteiger partial charge in [-0.2, -0.15) is 0 Å². The van der Waals surface area contributed by atoms with Crippen LogP contribution >= 0.6 is 0 Å². The Morgan fingerprint density at radius 3 is 2.51 bits per heavy atom. The Labute approximate surface area is 201 Å². The van der Waals surface area contributed by atoms with E-state index < -0.39 is 23.9 Å². The van der Waals surface area contributed by atoms with Crippen LogP contribution in [-0.4, -0.2) is 35.4 Å². The summed E-state index contributed by atoms with van der Waals surface area (Å²) >= 11 is 0. The van der Waals surface area contributed by atoms with Gasteiger partial charge in [-0.25, -0.2) is 9.59 Å². The molecule has 0 saturated heterocycles. The first kappa shape index (κ1) is 22.5. The molecule has 0 radical (unpaired) electrons. The number of carbonyl (C=O) groups is 3. The highest BCUT2D eigenvalue weighted by atomic mass is 16.5. The lowest BCUT2D eigenvalue weighted by molar-refractivity contribution is -0.151. The summed E-state index contributed by atoms with van der Waals surface area (Å²) in [7, 11) is 0. The molecule has 1 aliphatic heterocycles. The number of fused-ring (bicyclic) bond motifs is 2. The Hall–Kier alpha value is -4.33. The van der Waals surface area contributed by atoms with Crippen molar-refractivity contribution in [3.8, 4) is 0 Å².